The van der Waals surface area contributed by atoms with Crippen molar-refractivity contribution in [1.29, 1.82) is 0 Å². The van der Waals surface area contributed by atoms with Crippen LogP contribution in [0.2, 0.25) is 0 Å². The van der Waals surface area contributed by atoms with Gasteiger partial charge in [0.1, 0.15) is 0 Å². The van der Waals surface area contributed by atoms with Crippen LogP contribution in [0, 0.1) is 23.2 Å². The molecule has 2 aliphatic heterocycles. The zero-order valence-corrected chi connectivity index (χ0v) is 15.4. The van der Waals surface area contributed by atoms with Gasteiger partial charge in [0.2, 0.25) is 0 Å². The van der Waals surface area contributed by atoms with E-state index in [2.05, 4.69) is 36.7 Å². The Morgan fingerprint density at radius 3 is 2.73 bits per heavy atom. The van der Waals surface area contributed by atoms with Gasteiger partial charge in [-0.2, -0.15) is 12.6 Å². The minimum Gasteiger partial charge on any atom is -0.313 e. The maximum absolute atomic E-state index is 4.40. The van der Waals surface area contributed by atoms with E-state index in [0.717, 1.165) is 36.1 Å². The third kappa shape index (κ3) is 2.14. The predicted octanol–water partition coefficient (Wildman–Crippen LogP) is 3.58. The van der Waals surface area contributed by atoms with Gasteiger partial charge in [-0.1, -0.05) is 6.92 Å². The number of piperidine rings is 1. The fourth-order valence-corrected chi connectivity index (χ4v) is 7.30. The van der Waals surface area contributed by atoms with E-state index in [-0.39, 0.29) is 0 Å². The Labute approximate surface area is 142 Å². The minimum absolute atomic E-state index is 0.543. The molecule has 0 aromatic rings. The SMILES string of the molecule is CC12CCC3C(CCN4CCCC34C)C1CCC2NCCS. The van der Waals surface area contributed by atoms with Gasteiger partial charge in [-0.3, -0.25) is 4.90 Å². The van der Waals surface area contributed by atoms with Gasteiger partial charge in [0, 0.05) is 23.9 Å². The summed E-state index contributed by atoms with van der Waals surface area (Å²) in [5.74, 6) is 3.92. The number of fused-ring (bicyclic) bond motifs is 5. The van der Waals surface area contributed by atoms with E-state index in [1.165, 1.54) is 58.0 Å². The number of rotatable bonds is 3. The molecule has 2 aliphatic carbocycles. The molecule has 1 N–H and O–H groups in total. The van der Waals surface area contributed by atoms with Crippen molar-refractivity contribution < 1.29 is 0 Å². The Hall–Kier alpha value is 0.270. The smallest absolute Gasteiger partial charge is 0.0212 e. The molecule has 22 heavy (non-hydrogen) atoms. The summed E-state index contributed by atoms with van der Waals surface area (Å²) in [4.78, 5) is 2.85. The normalized spacial score (nSPS) is 51.4. The topological polar surface area (TPSA) is 15.3 Å². The van der Waals surface area contributed by atoms with Crippen LogP contribution < -0.4 is 5.32 Å². The molecule has 0 amide bonds. The summed E-state index contributed by atoms with van der Waals surface area (Å²) in [7, 11) is 0. The maximum Gasteiger partial charge on any atom is 0.0212 e. The molecule has 4 fully saturated rings. The van der Waals surface area contributed by atoms with Gasteiger partial charge in [0.15, 0.2) is 0 Å². The Bertz CT molecular complexity index is 428. The van der Waals surface area contributed by atoms with Crippen LogP contribution in [0.3, 0.4) is 0 Å². The van der Waals surface area contributed by atoms with Crippen molar-refractivity contribution in [2.75, 3.05) is 25.4 Å². The highest BCUT2D eigenvalue weighted by atomic mass is 32.1. The summed E-state index contributed by atoms with van der Waals surface area (Å²) in [6.07, 6.45) is 10.2. The lowest BCUT2D eigenvalue weighted by Crippen LogP contribution is -2.60. The Morgan fingerprint density at radius 2 is 1.91 bits per heavy atom. The summed E-state index contributed by atoms with van der Waals surface area (Å²) >= 11 is 4.40. The molecule has 3 heteroatoms. The lowest BCUT2D eigenvalue weighted by Gasteiger charge is -2.58. The largest absolute Gasteiger partial charge is 0.313 e. The van der Waals surface area contributed by atoms with Crippen LogP contribution in [-0.2, 0) is 0 Å². The third-order valence-electron chi connectivity index (χ3n) is 8.30. The molecule has 6 atom stereocenters. The van der Waals surface area contributed by atoms with Gasteiger partial charge >= 0.3 is 0 Å². The van der Waals surface area contributed by atoms with Crippen molar-refractivity contribution in [2.24, 2.45) is 23.2 Å². The monoisotopic (exact) mass is 322 g/mol. The standard InChI is InChI=1S/C19H34N2S/c1-18-9-6-16-14(7-12-21-11-3-8-19(16,21)2)15(18)4-5-17(18)20-10-13-22/h14-17,20,22H,3-13H2,1-2H3. The van der Waals surface area contributed by atoms with Crippen LogP contribution in [0.15, 0.2) is 0 Å². The van der Waals surface area contributed by atoms with Crippen molar-refractivity contribution in [3.63, 3.8) is 0 Å². The molecule has 2 saturated carbocycles. The fourth-order valence-electron chi connectivity index (χ4n) is 7.17. The van der Waals surface area contributed by atoms with E-state index < -0.39 is 0 Å². The molecule has 2 nitrogen and oxygen atoms in total. The van der Waals surface area contributed by atoms with Crippen molar-refractivity contribution in [1.82, 2.24) is 10.2 Å². The van der Waals surface area contributed by atoms with Crippen LogP contribution in [0.4, 0.5) is 0 Å². The molecule has 6 unspecified atom stereocenters. The van der Waals surface area contributed by atoms with E-state index in [4.69, 9.17) is 0 Å². The highest BCUT2D eigenvalue weighted by Gasteiger charge is 2.59. The number of hydrogen-bond acceptors (Lipinski definition) is 3. The molecule has 126 valence electrons. The first-order valence-electron chi connectivity index (χ1n) is 9.69. The second-order valence-corrected chi connectivity index (χ2v) is 9.41. The third-order valence-corrected chi connectivity index (χ3v) is 8.53. The summed E-state index contributed by atoms with van der Waals surface area (Å²) in [5.41, 5.74) is 1.10. The fraction of sp³-hybridized carbons (Fsp3) is 1.00. The maximum atomic E-state index is 4.40. The van der Waals surface area contributed by atoms with Crippen LogP contribution in [0.25, 0.3) is 0 Å². The lowest BCUT2D eigenvalue weighted by molar-refractivity contribution is -0.0819. The van der Waals surface area contributed by atoms with Gasteiger partial charge in [-0.15, -0.1) is 0 Å². The highest BCUT2D eigenvalue weighted by Crippen LogP contribution is 2.61. The first-order chi connectivity index (χ1) is 10.6. The van der Waals surface area contributed by atoms with Crippen molar-refractivity contribution >= 4 is 12.6 Å². The molecule has 0 aromatic heterocycles. The van der Waals surface area contributed by atoms with Crippen molar-refractivity contribution in [2.45, 2.75) is 70.4 Å². The lowest BCUT2D eigenvalue weighted by atomic mass is 9.53. The van der Waals surface area contributed by atoms with Crippen LogP contribution in [0.5, 0.6) is 0 Å². The Balaban J connectivity index is 1.56. The summed E-state index contributed by atoms with van der Waals surface area (Å²) in [6.45, 7) is 9.04. The first-order valence-corrected chi connectivity index (χ1v) is 10.3. The molecule has 0 aromatic carbocycles. The average molecular weight is 323 g/mol. The second-order valence-electron chi connectivity index (χ2n) is 8.97. The summed E-state index contributed by atoms with van der Waals surface area (Å²) in [5, 5.41) is 3.84. The number of nitrogens with one attached hydrogen (secondary N) is 1. The molecular formula is C19H34N2S. The quantitative estimate of drug-likeness (QED) is 0.772. The van der Waals surface area contributed by atoms with Crippen LogP contribution in [0.1, 0.15) is 58.8 Å². The highest BCUT2D eigenvalue weighted by molar-refractivity contribution is 7.80. The Kier molecular flexibility index (Phi) is 4.06. The van der Waals surface area contributed by atoms with Gasteiger partial charge in [0.25, 0.3) is 0 Å². The van der Waals surface area contributed by atoms with Crippen molar-refractivity contribution in [3.8, 4) is 0 Å². The molecule has 0 bridgehead atoms. The molecule has 4 aliphatic rings. The van der Waals surface area contributed by atoms with E-state index in [9.17, 15) is 0 Å². The molecule has 2 heterocycles. The average Bonchev–Trinajstić information content (AvgIpc) is 3.04. The van der Waals surface area contributed by atoms with E-state index >= 15 is 0 Å². The van der Waals surface area contributed by atoms with Gasteiger partial charge in [-0.25, -0.2) is 0 Å². The van der Waals surface area contributed by atoms with E-state index in [0.29, 0.717) is 11.0 Å². The van der Waals surface area contributed by atoms with Crippen molar-refractivity contribution in [3.05, 3.63) is 0 Å². The summed E-state index contributed by atoms with van der Waals surface area (Å²) in [6, 6.07) is 0.750. The molecule has 0 radical (unpaired) electrons. The Morgan fingerprint density at radius 1 is 1.05 bits per heavy atom. The van der Waals surface area contributed by atoms with Crippen LogP contribution >= 0.6 is 12.6 Å². The zero-order chi connectivity index (χ0) is 15.4. The van der Waals surface area contributed by atoms with E-state index in [1.54, 1.807) is 0 Å². The van der Waals surface area contributed by atoms with E-state index in [1.807, 2.05) is 0 Å². The van der Waals surface area contributed by atoms with Gasteiger partial charge in [-0.05, 0) is 88.1 Å². The molecule has 2 saturated heterocycles. The molecule has 4 rings (SSSR count). The van der Waals surface area contributed by atoms with Crippen LogP contribution in [-0.4, -0.2) is 41.9 Å². The number of hydrogen-bond donors (Lipinski definition) is 2. The van der Waals surface area contributed by atoms with Gasteiger partial charge < -0.3 is 5.32 Å². The second kappa shape index (κ2) is 5.67. The molecule has 0 spiro atoms. The molecular weight excluding hydrogens is 288 g/mol. The number of nitrogens with zero attached hydrogens (tertiary/aromatic N) is 1. The first kappa shape index (κ1) is 15.8. The summed E-state index contributed by atoms with van der Waals surface area (Å²) < 4.78 is 0. The van der Waals surface area contributed by atoms with Gasteiger partial charge in [0.05, 0.1) is 0 Å². The predicted molar refractivity (Wildman–Crippen MR) is 96.5 cm³/mol. The number of thiol groups is 1. The zero-order valence-electron chi connectivity index (χ0n) is 14.5. The minimum atomic E-state index is 0.543.